The summed E-state index contributed by atoms with van der Waals surface area (Å²) in [5.74, 6) is 2.86. The van der Waals surface area contributed by atoms with Crippen molar-refractivity contribution in [3.63, 3.8) is 0 Å². The van der Waals surface area contributed by atoms with Crippen LogP contribution in [0.15, 0.2) is 252 Å². The van der Waals surface area contributed by atoms with Gasteiger partial charge in [0.25, 0.3) is 5.91 Å². The highest BCUT2D eigenvalue weighted by molar-refractivity contribution is 9.10. The summed E-state index contributed by atoms with van der Waals surface area (Å²) in [5, 5.41) is 15.9. The number of thiophene rings is 1. The molecule has 117 heavy (non-hydrogen) atoms. The fourth-order valence-electron chi connectivity index (χ4n) is 12.0. The number of aromatic nitrogens is 4. The Hall–Kier alpha value is -9.02. The van der Waals surface area contributed by atoms with E-state index in [1.807, 2.05) is 166 Å². The summed E-state index contributed by atoms with van der Waals surface area (Å²) in [4.78, 5) is 34.4. The van der Waals surface area contributed by atoms with Crippen LogP contribution in [0.1, 0.15) is 70.6 Å². The van der Waals surface area contributed by atoms with Crippen LogP contribution < -0.4 is 0 Å². The van der Waals surface area contributed by atoms with Gasteiger partial charge < -0.3 is 42.2 Å². The van der Waals surface area contributed by atoms with E-state index in [2.05, 4.69) is 136 Å². The van der Waals surface area contributed by atoms with Crippen molar-refractivity contribution in [3.8, 4) is 87.9 Å². The zero-order valence-electron chi connectivity index (χ0n) is 66.5. The Balaban J connectivity index is 0.000000149. The summed E-state index contributed by atoms with van der Waals surface area (Å²) >= 11 is 35.8. The Kier molecular flexibility index (Phi) is 34.9. The highest BCUT2D eigenvalue weighted by Crippen LogP contribution is 2.38. The van der Waals surface area contributed by atoms with Gasteiger partial charge in [-0.15, -0.1) is 39.1 Å². The minimum absolute atomic E-state index is 0.0156. The van der Waals surface area contributed by atoms with Crippen LogP contribution in [0.25, 0.3) is 87.9 Å². The van der Waals surface area contributed by atoms with Gasteiger partial charge in [0.05, 0.1) is 62.1 Å². The molecule has 0 saturated heterocycles. The Labute approximate surface area is 731 Å². The maximum Gasteiger partial charge on any atom is 0.253 e. The van der Waals surface area contributed by atoms with Crippen LogP contribution in [0, 0.1) is 27.7 Å². The second-order valence-corrected chi connectivity index (χ2v) is 33.8. The third kappa shape index (κ3) is 26.0. The SMILES string of the molecule is COCc1cc(-c2ncc(C)o2)ccc1-c1ccc(Cl)cc1.COCc1cc(-c2ncc(C)o2)ccc1Br.COCc1cc(-c2ncc(C)s2)ccc1-c1ccc(Cl)cc1.COCc1cc(-c2ncc(C)s2)ccc1Br.COCc1cc(C(=O)N(C)C)ccc1-c1ccc(Cl)s1.COCc1cc(C2=NN=NC2)ccc1-c1ccc(Cl)cc1. The van der Waals surface area contributed by atoms with Gasteiger partial charge in [-0.3, -0.25) is 4.79 Å². The van der Waals surface area contributed by atoms with E-state index in [0.717, 1.165) is 161 Å². The number of oxazole rings is 2. The van der Waals surface area contributed by atoms with Gasteiger partial charge in [0.15, 0.2) is 0 Å². The number of hydrogen-bond donors (Lipinski definition) is 0. The number of aryl methyl sites for hydroxylation is 4. The number of methoxy groups -OCH3 is 6. The van der Waals surface area contributed by atoms with E-state index in [4.69, 9.17) is 83.7 Å². The van der Waals surface area contributed by atoms with Crippen molar-refractivity contribution in [2.45, 2.75) is 67.3 Å². The summed E-state index contributed by atoms with van der Waals surface area (Å²) in [7, 11) is 13.6. The number of carbonyl (C=O) groups excluding carboxylic acids is 1. The monoisotopic (exact) mass is 1830 g/mol. The molecule has 1 aliphatic rings. The van der Waals surface area contributed by atoms with Crippen LogP contribution >= 0.6 is 112 Å². The number of amides is 1. The van der Waals surface area contributed by atoms with Crippen molar-refractivity contribution < 1.29 is 42.1 Å². The number of halogens is 6. The lowest BCUT2D eigenvalue weighted by atomic mass is 9.96. The average molecular weight is 1830 g/mol. The molecule has 0 bridgehead atoms. The van der Waals surface area contributed by atoms with E-state index in [1.54, 1.807) is 96.7 Å². The minimum Gasteiger partial charge on any atom is -0.441 e. The van der Waals surface area contributed by atoms with Gasteiger partial charge in [-0.25, -0.2) is 19.9 Å². The third-order valence-corrected chi connectivity index (χ3v) is 23.0. The Morgan fingerprint density at radius 1 is 0.402 bits per heavy atom. The Bertz CT molecular complexity index is 5430. The fourth-order valence-corrected chi connectivity index (χ4v) is 15.7. The third-order valence-electron chi connectivity index (χ3n) is 17.5. The first-order chi connectivity index (χ1) is 56.5. The summed E-state index contributed by atoms with van der Waals surface area (Å²) in [6, 6.07) is 63.9. The van der Waals surface area contributed by atoms with Crippen LogP contribution in [0.5, 0.6) is 0 Å². The molecule has 26 heteroatoms. The molecule has 0 unspecified atom stereocenters. The number of ether oxygens (including phenoxy) is 6. The van der Waals surface area contributed by atoms with Crippen molar-refractivity contribution in [2.24, 2.45) is 15.4 Å². The molecule has 9 aromatic carbocycles. The molecule has 6 heterocycles. The average Bonchev–Trinajstić information content (AvgIpc) is 1.64. The predicted molar refractivity (Wildman–Crippen MR) is 484 cm³/mol. The summed E-state index contributed by atoms with van der Waals surface area (Å²) in [6.45, 7) is 11.7. The van der Waals surface area contributed by atoms with Crippen LogP contribution in [-0.4, -0.2) is 99.8 Å². The van der Waals surface area contributed by atoms with Crippen LogP contribution in [-0.2, 0) is 68.1 Å². The largest absolute Gasteiger partial charge is 0.441 e. The first kappa shape index (κ1) is 90.3. The molecule has 604 valence electrons. The molecule has 0 fully saturated rings. The molecule has 15 rings (SSSR count). The van der Waals surface area contributed by atoms with Crippen LogP contribution in [0.2, 0.25) is 19.4 Å². The molecule has 5 aromatic heterocycles. The minimum atomic E-state index is -0.0156. The van der Waals surface area contributed by atoms with Gasteiger partial charge >= 0.3 is 0 Å². The second-order valence-electron chi connectivity index (χ2n) is 26.6. The Morgan fingerprint density at radius 3 is 1.14 bits per heavy atom. The first-order valence-electron chi connectivity index (χ1n) is 36.5. The van der Waals surface area contributed by atoms with Crippen molar-refractivity contribution >= 4 is 124 Å². The van der Waals surface area contributed by atoms with Crippen LogP contribution in [0.3, 0.4) is 0 Å². The number of nitrogens with zero attached hydrogens (tertiary/aromatic N) is 8. The number of carbonyl (C=O) groups is 1. The van der Waals surface area contributed by atoms with Gasteiger partial charge in [-0.05, 0) is 221 Å². The van der Waals surface area contributed by atoms with E-state index in [-0.39, 0.29) is 5.91 Å². The summed E-state index contributed by atoms with van der Waals surface area (Å²) in [6.07, 6.45) is 7.24. The van der Waals surface area contributed by atoms with E-state index >= 15 is 0 Å². The quantitative estimate of drug-likeness (QED) is 0.0623. The molecular weight excluding hydrogens is 1750 g/mol. The zero-order valence-corrected chi connectivity index (χ0v) is 75.1. The summed E-state index contributed by atoms with van der Waals surface area (Å²) < 4.78 is 45.5. The molecule has 1 amide bonds. The second kappa shape index (κ2) is 45.2. The molecular formula is C91H86Br2Cl4N8O9S3. The normalized spacial score (nSPS) is 11.2. The maximum atomic E-state index is 12.0. The summed E-state index contributed by atoms with van der Waals surface area (Å²) in [5.41, 5.74) is 21.1. The van der Waals surface area contributed by atoms with Gasteiger partial charge in [0.1, 0.15) is 28.1 Å². The van der Waals surface area contributed by atoms with Gasteiger partial charge in [0, 0.05) is 141 Å². The lowest BCUT2D eigenvalue weighted by molar-refractivity contribution is 0.0827. The van der Waals surface area contributed by atoms with Gasteiger partial charge in [-0.1, -0.05) is 157 Å². The zero-order chi connectivity index (χ0) is 83.5. The maximum absolute atomic E-state index is 12.0. The fraction of sp³-hybridized carbons (Fsp3) is 0.209. The van der Waals surface area contributed by atoms with Gasteiger partial charge in [0.2, 0.25) is 11.8 Å². The highest BCUT2D eigenvalue weighted by Gasteiger charge is 2.18. The molecule has 0 spiro atoms. The van der Waals surface area contributed by atoms with Crippen LogP contribution in [0.4, 0.5) is 0 Å². The lowest BCUT2D eigenvalue weighted by Gasteiger charge is -2.13. The van der Waals surface area contributed by atoms with E-state index in [0.29, 0.717) is 63.5 Å². The Morgan fingerprint density at radius 2 is 0.761 bits per heavy atom. The molecule has 1 aliphatic heterocycles. The number of hydrogen-bond acceptors (Lipinski definition) is 19. The first-order valence-corrected chi connectivity index (χ1v) is 42.0. The van der Waals surface area contributed by atoms with E-state index < -0.39 is 0 Å². The number of thiazole rings is 2. The molecule has 0 aliphatic carbocycles. The number of benzene rings is 9. The van der Waals surface area contributed by atoms with Gasteiger partial charge in [-0.2, -0.15) is 5.11 Å². The molecule has 17 nitrogen and oxygen atoms in total. The number of rotatable bonds is 22. The lowest BCUT2D eigenvalue weighted by Crippen LogP contribution is -2.21. The predicted octanol–water partition coefficient (Wildman–Crippen LogP) is 26.5. The standard InChI is InChI=1S/C18H16ClNO2.C18H16ClNOS.C16H14ClN3O.C15H16ClNO2S.C12H12BrNO2.C12H12BrNOS/c2*1-12-10-20-18(22-12)14-5-8-17(15(9-14)11-21-2)13-3-6-16(19)7-4-13;1-21-10-13-8-12(16-9-18-20-19-16)4-7-15(13)11-2-5-14(17)6-3-11;1-17(2)15(18)10-4-5-12(11(8-10)9-19-3)13-6-7-14(16)20-13;2*1-8-6-14-12(16-8)9-3-4-11(13)10(5-9)7-15-2/h2*3-10H,11H2,1-2H3;2-8H,9-10H2,1H3;4-8H,9H2,1-3H3;2*3-6H,7H2,1-2H3. The van der Waals surface area contributed by atoms with Crippen molar-refractivity contribution in [1.29, 1.82) is 0 Å². The van der Waals surface area contributed by atoms with Crippen molar-refractivity contribution in [3.05, 3.63) is 313 Å². The smallest absolute Gasteiger partial charge is 0.253 e. The van der Waals surface area contributed by atoms with E-state index in [1.165, 1.54) is 21.1 Å². The highest BCUT2D eigenvalue weighted by atomic mass is 79.9. The topological polar surface area (TPSA) is 191 Å². The van der Waals surface area contributed by atoms with E-state index in [9.17, 15) is 4.79 Å². The molecule has 0 N–H and O–H groups in total. The van der Waals surface area contributed by atoms with Crippen molar-refractivity contribution in [1.82, 2.24) is 24.8 Å². The molecule has 0 atom stereocenters. The van der Waals surface area contributed by atoms with Crippen molar-refractivity contribution in [2.75, 3.05) is 63.3 Å². The molecule has 0 saturated carbocycles. The molecule has 14 aromatic rings. The molecule has 0 radical (unpaired) electrons.